The fourth-order valence-corrected chi connectivity index (χ4v) is 4.32. The molecular weight excluding hydrogens is 578 g/mol. The predicted octanol–water partition coefficient (Wildman–Crippen LogP) is 6.56. The summed E-state index contributed by atoms with van der Waals surface area (Å²) in [7, 11) is 0. The van der Waals surface area contributed by atoms with E-state index in [-0.39, 0.29) is 17.1 Å². The van der Waals surface area contributed by atoms with Crippen molar-refractivity contribution in [1.29, 1.82) is 0 Å². The van der Waals surface area contributed by atoms with Crippen LogP contribution in [-0.2, 0) is 11.8 Å². The Hall–Kier alpha value is -4.38. The minimum Gasteiger partial charge on any atom is -0.490 e. The van der Waals surface area contributed by atoms with Gasteiger partial charge in [0.05, 0.1) is 28.6 Å². The number of allylic oxidation sites excluding steroid dienone is 1. The zero-order valence-electron chi connectivity index (χ0n) is 22.6. The molecule has 0 aliphatic rings. The van der Waals surface area contributed by atoms with E-state index in [1.807, 2.05) is 39.8 Å². The summed E-state index contributed by atoms with van der Waals surface area (Å²) in [5.74, 6) is 1.52. The first-order valence-electron chi connectivity index (χ1n) is 12.5. The van der Waals surface area contributed by atoms with Crippen LogP contribution in [0.15, 0.2) is 75.7 Å². The Labute approximate surface area is 239 Å². The third-order valence-electron chi connectivity index (χ3n) is 5.76. The van der Waals surface area contributed by atoms with Crippen LogP contribution >= 0.6 is 15.9 Å². The molecule has 0 saturated heterocycles. The highest BCUT2D eigenvalue weighted by molar-refractivity contribution is 9.10. The maximum atomic E-state index is 13.5. The lowest BCUT2D eigenvalue weighted by molar-refractivity contribution is -0.385. The van der Waals surface area contributed by atoms with Crippen LogP contribution in [0.25, 0.3) is 10.9 Å². The Morgan fingerprint density at radius 2 is 1.98 bits per heavy atom. The van der Waals surface area contributed by atoms with Gasteiger partial charge in [-0.1, -0.05) is 42.8 Å². The number of aromatic nitrogens is 3. The number of fused-ring (bicyclic) bond motifs is 1. The van der Waals surface area contributed by atoms with Crippen molar-refractivity contribution in [3.05, 3.63) is 103 Å². The highest BCUT2D eigenvalue weighted by atomic mass is 79.9. The number of nitro groups is 1. The Morgan fingerprint density at radius 3 is 2.60 bits per heavy atom. The van der Waals surface area contributed by atoms with Crippen molar-refractivity contribution in [1.82, 2.24) is 14.6 Å². The predicted molar refractivity (Wildman–Crippen MR) is 158 cm³/mol. The van der Waals surface area contributed by atoms with Crippen LogP contribution in [0.4, 0.5) is 5.69 Å². The Kier molecular flexibility index (Phi) is 8.43. The van der Waals surface area contributed by atoms with Crippen LogP contribution in [0.3, 0.4) is 0 Å². The van der Waals surface area contributed by atoms with Gasteiger partial charge in [0.1, 0.15) is 12.0 Å². The van der Waals surface area contributed by atoms with E-state index in [0.717, 1.165) is 16.2 Å². The lowest BCUT2D eigenvalue weighted by Gasteiger charge is -2.21. The zero-order chi connectivity index (χ0) is 29.0. The summed E-state index contributed by atoms with van der Waals surface area (Å²) in [6, 6.07) is 11.7. The number of nitrogens with zero attached hydrogens (tertiary/aromatic N) is 5. The first-order chi connectivity index (χ1) is 19.0. The molecule has 4 aromatic rings. The molecule has 0 radical (unpaired) electrons. The molecule has 10 nitrogen and oxygen atoms in total. The molecule has 2 heterocycles. The van der Waals surface area contributed by atoms with E-state index in [4.69, 9.17) is 14.5 Å². The summed E-state index contributed by atoms with van der Waals surface area (Å²) in [6.07, 6.45) is 4.86. The molecule has 0 bridgehead atoms. The molecule has 0 unspecified atom stereocenters. The summed E-state index contributed by atoms with van der Waals surface area (Å²) < 4.78 is 14.0. The van der Waals surface area contributed by atoms with Crippen molar-refractivity contribution in [2.24, 2.45) is 5.10 Å². The fraction of sp³-hybridized carbons (Fsp3) is 0.241. The maximum Gasteiger partial charge on any atom is 0.287 e. The minimum atomic E-state index is -0.528. The first-order valence-corrected chi connectivity index (χ1v) is 13.3. The molecule has 0 aliphatic carbocycles. The van der Waals surface area contributed by atoms with Crippen LogP contribution in [-0.4, -0.2) is 32.4 Å². The first kappa shape index (κ1) is 28.6. The SMILES string of the molecule is C=CCc1cc(C=Nn2c(C(C)(C)C)nc3ccc(Br)cc3c2=O)cc(OCC)c1Oc1ccc([N+](=O)[O-])cn1. The van der Waals surface area contributed by atoms with Crippen LogP contribution in [0.1, 0.15) is 44.6 Å². The highest BCUT2D eigenvalue weighted by Crippen LogP contribution is 2.37. The van der Waals surface area contributed by atoms with Crippen LogP contribution in [0.5, 0.6) is 17.4 Å². The molecule has 40 heavy (non-hydrogen) atoms. The maximum absolute atomic E-state index is 13.5. The number of pyridine rings is 1. The van der Waals surface area contributed by atoms with E-state index in [0.29, 0.717) is 46.8 Å². The number of hydrogen-bond acceptors (Lipinski definition) is 8. The Morgan fingerprint density at radius 1 is 1.20 bits per heavy atom. The van der Waals surface area contributed by atoms with E-state index < -0.39 is 10.3 Å². The van der Waals surface area contributed by atoms with Crippen molar-refractivity contribution >= 4 is 38.7 Å². The molecule has 0 spiro atoms. The van der Waals surface area contributed by atoms with Gasteiger partial charge in [0.15, 0.2) is 11.5 Å². The normalized spacial score (nSPS) is 11.6. The van der Waals surface area contributed by atoms with Crippen LogP contribution in [0.2, 0.25) is 0 Å². The molecule has 206 valence electrons. The number of benzene rings is 2. The molecule has 0 aliphatic heterocycles. The molecule has 4 rings (SSSR count). The largest absolute Gasteiger partial charge is 0.490 e. The Bertz CT molecular complexity index is 1670. The van der Waals surface area contributed by atoms with Crippen molar-refractivity contribution in [2.75, 3.05) is 6.61 Å². The molecule has 0 amide bonds. The second-order valence-electron chi connectivity index (χ2n) is 9.86. The summed E-state index contributed by atoms with van der Waals surface area (Å²) in [5.41, 5.74) is 1.09. The van der Waals surface area contributed by atoms with E-state index in [2.05, 4.69) is 32.6 Å². The lowest BCUT2D eigenvalue weighted by Crippen LogP contribution is -2.29. The summed E-state index contributed by atoms with van der Waals surface area (Å²) >= 11 is 3.43. The van der Waals surface area contributed by atoms with Gasteiger partial charge in [-0.05, 0) is 49.2 Å². The number of rotatable bonds is 9. The molecule has 0 fully saturated rings. The summed E-state index contributed by atoms with van der Waals surface area (Å²) in [4.78, 5) is 32.8. The van der Waals surface area contributed by atoms with Crippen molar-refractivity contribution < 1.29 is 14.4 Å². The van der Waals surface area contributed by atoms with Gasteiger partial charge < -0.3 is 9.47 Å². The van der Waals surface area contributed by atoms with Gasteiger partial charge in [0, 0.05) is 27.6 Å². The second kappa shape index (κ2) is 11.8. The number of ether oxygens (including phenoxy) is 2. The van der Waals surface area contributed by atoms with Gasteiger partial charge in [0.2, 0.25) is 5.88 Å². The van der Waals surface area contributed by atoms with Gasteiger partial charge in [-0.15, -0.1) is 6.58 Å². The Balaban J connectivity index is 1.81. The zero-order valence-corrected chi connectivity index (χ0v) is 24.1. The van der Waals surface area contributed by atoms with Gasteiger partial charge in [-0.2, -0.15) is 9.78 Å². The van der Waals surface area contributed by atoms with E-state index in [1.54, 1.807) is 30.5 Å². The van der Waals surface area contributed by atoms with Gasteiger partial charge >= 0.3 is 0 Å². The molecule has 2 aromatic heterocycles. The molecule has 2 aromatic carbocycles. The van der Waals surface area contributed by atoms with E-state index >= 15 is 0 Å². The van der Waals surface area contributed by atoms with Gasteiger partial charge in [-0.25, -0.2) is 9.97 Å². The van der Waals surface area contributed by atoms with Gasteiger partial charge in [-0.3, -0.25) is 14.9 Å². The van der Waals surface area contributed by atoms with Crippen LogP contribution in [0, 0.1) is 10.1 Å². The smallest absolute Gasteiger partial charge is 0.287 e. The monoisotopic (exact) mass is 605 g/mol. The number of hydrogen-bond donors (Lipinski definition) is 0. The van der Waals surface area contributed by atoms with Crippen molar-refractivity contribution in [3.63, 3.8) is 0 Å². The summed E-state index contributed by atoms with van der Waals surface area (Å²) in [6.45, 7) is 12.0. The fourth-order valence-electron chi connectivity index (χ4n) is 3.95. The molecular formula is C29H28BrN5O5. The lowest BCUT2D eigenvalue weighted by atomic mass is 9.95. The van der Waals surface area contributed by atoms with Crippen molar-refractivity contribution in [2.45, 2.75) is 39.5 Å². The van der Waals surface area contributed by atoms with Crippen LogP contribution < -0.4 is 15.0 Å². The van der Waals surface area contributed by atoms with Crippen molar-refractivity contribution in [3.8, 4) is 17.4 Å². The van der Waals surface area contributed by atoms with Gasteiger partial charge in [0.25, 0.3) is 11.2 Å². The third-order valence-corrected chi connectivity index (χ3v) is 6.25. The molecule has 0 saturated carbocycles. The molecule has 0 N–H and O–H groups in total. The quantitative estimate of drug-likeness (QED) is 0.0915. The highest BCUT2D eigenvalue weighted by Gasteiger charge is 2.23. The minimum absolute atomic E-state index is 0.143. The number of halogens is 1. The topological polar surface area (TPSA) is 122 Å². The second-order valence-corrected chi connectivity index (χ2v) is 10.8. The standard InChI is InChI=1S/C29H28BrN5O5/c1-6-8-19-13-18(14-24(39-7-2)26(19)40-25-12-10-21(17-31-25)35(37)38)16-32-34-27(36)22-15-20(30)9-11-23(22)33-28(34)29(3,4)5/h6,9-17H,1,7-8H2,2-5H3. The average Bonchev–Trinajstić information content (AvgIpc) is 2.90. The van der Waals surface area contributed by atoms with E-state index in [9.17, 15) is 14.9 Å². The summed E-state index contributed by atoms with van der Waals surface area (Å²) in [5, 5.41) is 16.0. The molecule has 0 atom stereocenters. The average molecular weight is 606 g/mol. The van der Waals surface area contributed by atoms with E-state index in [1.165, 1.54) is 16.8 Å². The molecule has 11 heteroatoms. The third kappa shape index (κ3) is 6.26.